The van der Waals surface area contributed by atoms with Crippen molar-refractivity contribution in [3.63, 3.8) is 0 Å². The zero-order valence-corrected chi connectivity index (χ0v) is 8.30. The van der Waals surface area contributed by atoms with E-state index in [-0.39, 0.29) is 12.2 Å². The van der Waals surface area contributed by atoms with Gasteiger partial charge in [-0.05, 0) is 12.5 Å². The Morgan fingerprint density at radius 1 is 1.27 bits per heavy atom. The van der Waals surface area contributed by atoms with Crippen LogP contribution in [-0.2, 0) is 11.2 Å². The Morgan fingerprint density at radius 2 is 1.80 bits per heavy atom. The second-order valence-corrected chi connectivity index (χ2v) is 3.31. The Balaban J connectivity index is 2.72. The van der Waals surface area contributed by atoms with Crippen LogP contribution in [-0.4, -0.2) is 28.1 Å². The van der Waals surface area contributed by atoms with E-state index < -0.39 is 12.1 Å². The fraction of sp³-hybridized carbons (Fsp3) is 0.273. The Labute approximate surface area is 87.2 Å². The van der Waals surface area contributed by atoms with Gasteiger partial charge in [0.1, 0.15) is 0 Å². The fourth-order valence-corrected chi connectivity index (χ4v) is 1.19. The molecule has 2 N–H and O–H groups in total. The van der Waals surface area contributed by atoms with Crippen molar-refractivity contribution in [3.8, 4) is 0 Å². The number of benzene rings is 1. The first-order valence-corrected chi connectivity index (χ1v) is 4.51. The van der Waals surface area contributed by atoms with Gasteiger partial charge in [0.05, 0.1) is 0 Å². The number of ketones is 1. The van der Waals surface area contributed by atoms with Gasteiger partial charge in [0, 0.05) is 12.0 Å². The molecule has 0 aliphatic rings. The van der Waals surface area contributed by atoms with Gasteiger partial charge < -0.3 is 10.2 Å². The molecule has 0 bridgehead atoms. The second kappa shape index (κ2) is 4.70. The lowest BCUT2D eigenvalue weighted by atomic mass is 10.0. The van der Waals surface area contributed by atoms with Crippen LogP contribution in [0, 0.1) is 0 Å². The van der Waals surface area contributed by atoms with Crippen molar-refractivity contribution >= 4 is 11.8 Å². The maximum absolute atomic E-state index is 10.9. The summed E-state index contributed by atoms with van der Waals surface area (Å²) in [5.41, 5.74) is 1.26. The molecule has 1 rings (SSSR count). The molecule has 1 aromatic rings. The molecule has 0 radical (unpaired) electrons. The molecule has 0 spiro atoms. The van der Waals surface area contributed by atoms with Gasteiger partial charge in [0.25, 0.3) is 0 Å². The van der Waals surface area contributed by atoms with Crippen LogP contribution in [0.1, 0.15) is 22.8 Å². The molecule has 1 aromatic carbocycles. The molecule has 15 heavy (non-hydrogen) atoms. The average molecular weight is 208 g/mol. The SMILES string of the molecule is CC(=O)c1ccc(CC(O)C(=O)O)cc1. The number of aliphatic carboxylic acids is 1. The highest BCUT2D eigenvalue weighted by Crippen LogP contribution is 2.07. The monoisotopic (exact) mass is 208 g/mol. The van der Waals surface area contributed by atoms with E-state index in [9.17, 15) is 9.59 Å². The van der Waals surface area contributed by atoms with Crippen LogP contribution in [0.5, 0.6) is 0 Å². The summed E-state index contributed by atoms with van der Waals surface area (Å²) in [6.07, 6.45) is -1.35. The number of carboxylic acid groups (broad SMARTS) is 1. The fourth-order valence-electron chi connectivity index (χ4n) is 1.19. The Morgan fingerprint density at radius 3 is 2.20 bits per heavy atom. The van der Waals surface area contributed by atoms with Crippen molar-refractivity contribution in [2.75, 3.05) is 0 Å². The zero-order valence-electron chi connectivity index (χ0n) is 8.30. The van der Waals surface area contributed by atoms with Crippen LogP contribution in [0.3, 0.4) is 0 Å². The number of aliphatic hydroxyl groups excluding tert-OH is 1. The molecule has 1 unspecified atom stereocenters. The summed E-state index contributed by atoms with van der Waals surface area (Å²) >= 11 is 0. The van der Waals surface area contributed by atoms with E-state index in [4.69, 9.17) is 10.2 Å². The van der Waals surface area contributed by atoms with E-state index in [1.165, 1.54) is 6.92 Å². The molecule has 0 saturated carbocycles. The summed E-state index contributed by atoms with van der Waals surface area (Å²) < 4.78 is 0. The highest BCUT2D eigenvalue weighted by molar-refractivity contribution is 5.94. The first kappa shape index (κ1) is 11.4. The Bertz CT molecular complexity index is 367. The molecule has 0 amide bonds. The summed E-state index contributed by atoms with van der Waals surface area (Å²) in [6, 6.07) is 6.52. The quantitative estimate of drug-likeness (QED) is 0.720. The minimum Gasteiger partial charge on any atom is -0.479 e. The molecule has 0 saturated heterocycles. The smallest absolute Gasteiger partial charge is 0.332 e. The summed E-state index contributed by atoms with van der Waals surface area (Å²) in [5, 5.41) is 17.6. The molecule has 0 aliphatic heterocycles. The van der Waals surface area contributed by atoms with E-state index >= 15 is 0 Å². The number of hydrogen-bond acceptors (Lipinski definition) is 3. The Hall–Kier alpha value is -1.68. The van der Waals surface area contributed by atoms with E-state index in [0.29, 0.717) is 11.1 Å². The zero-order chi connectivity index (χ0) is 11.4. The van der Waals surface area contributed by atoms with E-state index in [1.807, 2.05) is 0 Å². The van der Waals surface area contributed by atoms with E-state index in [0.717, 1.165) is 0 Å². The average Bonchev–Trinajstić information content (AvgIpc) is 2.18. The first-order valence-electron chi connectivity index (χ1n) is 4.51. The molecule has 4 nitrogen and oxygen atoms in total. The van der Waals surface area contributed by atoms with Crippen LogP contribution in [0.25, 0.3) is 0 Å². The summed E-state index contributed by atoms with van der Waals surface area (Å²) in [7, 11) is 0. The summed E-state index contributed by atoms with van der Waals surface area (Å²) in [6.45, 7) is 1.46. The van der Waals surface area contributed by atoms with Crippen molar-refractivity contribution in [3.05, 3.63) is 35.4 Å². The molecule has 80 valence electrons. The molecule has 0 aliphatic carbocycles. The first-order chi connectivity index (χ1) is 7.00. The number of carbonyl (C=O) groups is 2. The number of rotatable bonds is 4. The van der Waals surface area contributed by atoms with Gasteiger partial charge in [-0.2, -0.15) is 0 Å². The highest BCUT2D eigenvalue weighted by atomic mass is 16.4. The van der Waals surface area contributed by atoms with Crippen LogP contribution >= 0.6 is 0 Å². The van der Waals surface area contributed by atoms with Crippen molar-refractivity contribution in [2.24, 2.45) is 0 Å². The molecule has 1 atom stereocenters. The molecule has 0 aromatic heterocycles. The van der Waals surface area contributed by atoms with Crippen molar-refractivity contribution in [2.45, 2.75) is 19.4 Å². The minimum absolute atomic E-state index is 0.0414. The van der Waals surface area contributed by atoms with Crippen LogP contribution in [0.4, 0.5) is 0 Å². The van der Waals surface area contributed by atoms with Crippen LogP contribution in [0.2, 0.25) is 0 Å². The van der Waals surface area contributed by atoms with E-state index in [1.54, 1.807) is 24.3 Å². The molecule has 0 fully saturated rings. The standard InChI is InChI=1S/C11H12O4/c1-7(12)9-4-2-8(3-5-9)6-10(13)11(14)15/h2-5,10,13H,6H2,1H3,(H,14,15). The van der Waals surface area contributed by atoms with Gasteiger partial charge in [0.2, 0.25) is 0 Å². The molecular weight excluding hydrogens is 196 g/mol. The molecule has 0 heterocycles. The maximum atomic E-state index is 10.9. The lowest BCUT2D eigenvalue weighted by Gasteiger charge is -2.05. The van der Waals surface area contributed by atoms with Crippen molar-refractivity contribution in [1.82, 2.24) is 0 Å². The number of Topliss-reactive ketones (excluding diaryl/α,β-unsaturated/α-hetero) is 1. The van der Waals surface area contributed by atoms with Gasteiger partial charge in [0.15, 0.2) is 11.9 Å². The van der Waals surface area contributed by atoms with E-state index in [2.05, 4.69) is 0 Å². The molecule has 4 heteroatoms. The van der Waals surface area contributed by atoms with Gasteiger partial charge in [-0.25, -0.2) is 4.79 Å². The topological polar surface area (TPSA) is 74.6 Å². The third-order valence-electron chi connectivity index (χ3n) is 2.07. The Kier molecular flexibility index (Phi) is 3.57. The number of hydrogen-bond donors (Lipinski definition) is 2. The second-order valence-electron chi connectivity index (χ2n) is 3.31. The minimum atomic E-state index is -1.40. The third kappa shape index (κ3) is 3.18. The lowest BCUT2D eigenvalue weighted by molar-refractivity contribution is -0.146. The molecular formula is C11H12O4. The normalized spacial score (nSPS) is 12.1. The van der Waals surface area contributed by atoms with Gasteiger partial charge in [-0.3, -0.25) is 4.79 Å². The summed E-state index contributed by atoms with van der Waals surface area (Å²) in [5.74, 6) is -1.29. The van der Waals surface area contributed by atoms with Gasteiger partial charge >= 0.3 is 5.97 Å². The summed E-state index contributed by atoms with van der Waals surface area (Å²) in [4.78, 5) is 21.3. The number of carboxylic acids is 1. The van der Waals surface area contributed by atoms with Crippen molar-refractivity contribution < 1.29 is 19.8 Å². The van der Waals surface area contributed by atoms with Gasteiger partial charge in [-0.15, -0.1) is 0 Å². The maximum Gasteiger partial charge on any atom is 0.332 e. The van der Waals surface area contributed by atoms with Crippen LogP contribution < -0.4 is 0 Å². The largest absolute Gasteiger partial charge is 0.479 e. The van der Waals surface area contributed by atoms with Crippen molar-refractivity contribution in [1.29, 1.82) is 0 Å². The lowest BCUT2D eigenvalue weighted by Crippen LogP contribution is -2.21. The predicted octanol–water partition coefficient (Wildman–Crippen LogP) is 0.877. The number of aliphatic hydroxyl groups is 1. The number of carbonyl (C=O) groups excluding carboxylic acids is 1. The predicted molar refractivity (Wildman–Crippen MR) is 53.8 cm³/mol. The van der Waals surface area contributed by atoms with Crippen LogP contribution in [0.15, 0.2) is 24.3 Å². The van der Waals surface area contributed by atoms with Gasteiger partial charge in [-0.1, -0.05) is 24.3 Å². The third-order valence-corrected chi connectivity index (χ3v) is 2.07. The highest BCUT2D eigenvalue weighted by Gasteiger charge is 2.13.